The number of aliphatic carboxylic acids is 1. The lowest BCUT2D eigenvalue weighted by Crippen LogP contribution is -2.71. The minimum atomic E-state index is -2.04. The van der Waals surface area contributed by atoms with Crippen LogP contribution in [0.5, 0.6) is 0 Å². The quantitative estimate of drug-likeness (QED) is 0.114. The average Bonchev–Trinajstić information content (AvgIpc) is 3.27. The van der Waals surface area contributed by atoms with Gasteiger partial charge in [-0.1, -0.05) is 60.1 Å². The molecule has 7 fully saturated rings. The molecule has 66 heavy (non-hydrogen) atoms. The monoisotopic (exact) mass is 941 g/mol. The zero-order chi connectivity index (χ0) is 48.5. The normalized spacial score (nSPS) is 56.3. The number of allylic oxidation sites excluding steroid dienone is 2. The van der Waals surface area contributed by atoms with E-state index in [1.165, 1.54) is 12.5 Å². The van der Waals surface area contributed by atoms with Gasteiger partial charge in [0.15, 0.2) is 25.0 Å². The lowest BCUT2D eigenvalue weighted by atomic mass is 9.30. The van der Waals surface area contributed by atoms with Crippen LogP contribution in [0.15, 0.2) is 11.6 Å². The van der Waals surface area contributed by atoms with Crippen molar-refractivity contribution < 1.29 is 89.1 Å². The van der Waals surface area contributed by atoms with Crippen LogP contribution in [0.1, 0.15) is 113 Å². The largest absolute Gasteiger partial charge is 0.479 e. The van der Waals surface area contributed by atoms with Crippen LogP contribution in [-0.2, 0) is 38.0 Å². The summed E-state index contributed by atoms with van der Waals surface area (Å²) in [7, 11) is 0. The number of aliphatic hydroxyl groups is 9. The highest BCUT2D eigenvalue weighted by molar-refractivity contribution is 5.87. The molecule has 24 atom stereocenters. The van der Waals surface area contributed by atoms with Crippen LogP contribution < -0.4 is 0 Å². The molecule has 3 saturated heterocycles. The fraction of sp³-hybridized carbons (Fsp3) is 0.917. The first-order valence-electron chi connectivity index (χ1n) is 24.0. The molecule has 0 bridgehead atoms. The van der Waals surface area contributed by atoms with Crippen molar-refractivity contribution in [3.05, 3.63) is 11.6 Å². The molecule has 3 heterocycles. The third-order valence-corrected chi connectivity index (χ3v) is 20.1. The van der Waals surface area contributed by atoms with Gasteiger partial charge in [-0.2, -0.15) is 0 Å². The maximum absolute atomic E-state index is 13.9. The Morgan fingerprint density at radius 1 is 0.727 bits per heavy atom. The summed E-state index contributed by atoms with van der Waals surface area (Å²) in [5.41, 5.74) is -1.96. The van der Waals surface area contributed by atoms with Crippen LogP contribution >= 0.6 is 0 Å². The van der Waals surface area contributed by atoms with Gasteiger partial charge in [-0.25, -0.2) is 4.79 Å². The smallest absolute Gasteiger partial charge is 0.335 e. The number of hydrogen-bond acceptors (Lipinski definition) is 17. The second kappa shape index (κ2) is 17.3. The van der Waals surface area contributed by atoms with Gasteiger partial charge in [0.05, 0.1) is 25.4 Å². The second-order valence-corrected chi connectivity index (χ2v) is 23.3. The first-order chi connectivity index (χ1) is 30.7. The van der Waals surface area contributed by atoms with Crippen molar-refractivity contribution in [1.82, 2.24) is 0 Å². The molecule has 3 aliphatic heterocycles. The van der Waals surface area contributed by atoms with Gasteiger partial charge in [0.1, 0.15) is 60.7 Å². The van der Waals surface area contributed by atoms with E-state index in [-0.39, 0.29) is 47.1 Å². The number of carbonyl (C=O) groups is 2. The molecular weight excluding hydrogens is 865 g/mol. The van der Waals surface area contributed by atoms with E-state index in [2.05, 4.69) is 40.7 Å². The number of rotatable bonds is 9. The van der Waals surface area contributed by atoms with Crippen LogP contribution in [0.25, 0.3) is 0 Å². The molecule has 18 nitrogen and oxygen atoms in total. The minimum Gasteiger partial charge on any atom is -0.479 e. The number of carboxylic acids is 1. The third kappa shape index (κ3) is 7.28. The van der Waals surface area contributed by atoms with E-state index in [4.69, 9.17) is 28.4 Å². The first kappa shape index (κ1) is 50.7. The molecule has 8 aliphatic rings. The van der Waals surface area contributed by atoms with E-state index in [0.717, 1.165) is 32.1 Å². The predicted molar refractivity (Wildman–Crippen MR) is 230 cm³/mol. The fourth-order valence-electron chi connectivity index (χ4n) is 14.9. The predicted octanol–water partition coefficient (Wildman–Crippen LogP) is 0.914. The highest BCUT2D eigenvalue weighted by Gasteiger charge is 2.73. The van der Waals surface area contributed by atoms with E-state index in [9.17, 15) is 60.7 Å². The molecule has 376 valence electrons. The summed E-state index contributed by atoms with van der Waals surface area (Å²) >= 11 is 0. The van der Waals surface area contributed by atoms with E-state index in [0.29, 0.717) is 25.7 Å². The molecule has 18 heteroatoms. The first-order valence-corrected chi connectivity index (χ1v) is 24.0. The Morgan fingerprint density at radius 2 is 1.39 bits per heavy atom. The van der Waals surface area contributed by atoms with E-state index in [1.54, 1.807) is 0 Å². The number of ether oxygens (including phenoxy) is 6. The second-order valence-electron chi connectivity index (χ2n) is 23.3. The summed E-state index contributed by atoms with van der Waals surface area (Å²) in [6.45, 7) is 16.0. The highest BCUT2D eigenvalue weighted by atomic mass is 16.8. The Bertz CT molecular complexity index is 1880. The van der Waals surface area contributed by atoms with Crippen molar-refractivity contribution in [2.75, 3.05) is 19.8 Å². The molecule has 0 amide bonds. The van der Waals surface area contributed by atoms with Crippen molar-refractivity contribution in [2.45, 2.75) is 205 Å². The van der Waals surface area contributed by atoms with Crippen molar-refractivity contribution in [1.29, 1.82) is 0 Å². The maximum Gasteiger partial charge on any atom is 0.335 e. The lowest BCUT2D eigenvalue weighted by Gasteiger charge is -2.74. The SMILES string of the molecule is C[C@@H]1O[C@@H](O[C@H]2[C@H](O[C@H]3[C@H](OC4CC[C@]5(C)C6CC=C7C8C[C@@](C)(CO)CC(=O)[C@]8(C)CC[C@@]7(C)[C@]6(C)CCC5(C)[C@@]4(C)CO)O[C@H](C(=O)O)[C@@H](O)[C@@H]3O)OC[C@@H](O)[C@@H]2O)[C@H](O)[C@H](O)[C@H]1O. The standard InChI is InChI=1S/C48H76O18/c1-22-29(53)31(55)34(58)39(62-22)65-36-30(54)25(51)19-61-40(36)66-37-33(57)32(56)35(38(59)60)64-41(37)63-28-11-12-46(6)26-10-9-23-24-17-42(2,20-49)18-27(52)43(24,3)13-14-44(23,4)45(26,5)15-16-48(46,8)47(28,7)21-50/h9,22,24-26,28-37,39-41,49-51,53-58H,10-21H2,1-8H3,(H,59,60)/t22-,24?,25+,26?,28?,29-,30-,31+,32-,33-,34+,35-,36+,37+,39-,40-,41+,42+,43+,44+,45+,46+,47-,48?/m0/s1. The zero-order valence-corrected chi connectivity index (χ0v) is 39.6. The van der Waals surface area contributed by atoms with Crippen LogP contribution in [-0.4, -0.2) is 175 Å². The lowest BCUT2D eigenvalue weighted by molar-refractivity contribution is -0.389. The van der Waals surface area contributed by atoms with Crippen LogP contribution in [0.3, 0.4) is 0 Å². The van der Waals surface area contributed by atoms with E-state index >= 15 is 0 Å². The molecule has 5 aliphatic carbocycles. The van der Waals surface area contributed by atoms with Gasteiger partial charge in [-0.3, -0.25) is 4.79 Å². The molecular formula is C48H76O18. The Labute approximate surface area is 386 Å². The van der Waals surface area contributed by atoms with Crippen molar-refractivity contribution in [2.24, 2.45) is 49.7 Å². The number of hydrogen-bond donors (Lipinski definition) is 10. The van der Waals surface area contributed by atoms with Gasteiger partial charge in [-0.05, 0) is 97.2 Å². The van der Waals surface area contributed by atoms with Gasteiger partial charge in [-0.15, -0.1) is 0 Å². The number of carboxylic acid groups (broad SMARTS) is 1. The fourth-order valence-corrected chi connectivity index (χ4v) is 14.9. The summed E-state index contributed by atoms with van der Waals surface area (Å²) in [4.78, 5) is 26.4. The summed E-state index contributed by atoms with van der Waals surface area (Å²) in [6, 6.07) is 0. The summed E-state index contributed by atoms with van der Waals surface area (Å²) in [5, 5.41) is 108. The van der Waals surface area contributed by atoms with E-state index in [1.807, 2.05) is 13.8 Å². The Kier molecular flexibility index (Phi) is 13.2. The maximum atomic E-state index is 13.9. The number of Topliss-reactive ketones (excluding diaryl/α,β-unsaturated/α-hetero) is 1. The summed E-state index contributed by atoms with van der Waals surface area (Å²) in [5.74, 6) is -1.16. The number of carbonyl (C=O) groups excluding carboxylic acids is 1. The van der Waals surface area contributed by atoms with Crippen molar-refractivity contribution in [3.8, 4) is 0 Å². The molecule has 0 aromatic heterocycles. The van der Waals surface area contributed by atoms with Crippen LogP contribution in [0.4, 0.5) is 0 Å². The molecule has 4 saturated carbocycles. The molecule has 10 N–H and O–H groups in total. The summed E-state index contributed by atoms with van der Waals surface area (Å²) in [6.07, 6.45) is -16.1. The molecule has 0 aromatic carbocycles. The molecule has 0 aromatic rings. The van der Waals surface area contributed by atoms with Crippen molar-refractivity contribution in [3.63, 3.8) is 0 Å². The Morgan fingerprint density at radius 3 is 2.05 bits per heavy atom. The molecule has 8 rings (SSSR count). The van der Waals surface area contributed by atoms with Gasteiger partial charge >= 0.3 is 5.97 Å². The van der Waals surface area contributed by atoms with Crippen LogP contribution in [0.2, 0.25) is 0 Å². The molecule has 4 unspecified atom stereocenters. The van der Waals surface area contributed by atoms with Crippen LogP contribution in [0, 0.1) is 49.7 Å². The summed E-state index contributed by atoms with van der Waals surface area (Å²) < 4.78 is 36.1. The third-order valence-electron chi connectivity index (χ3n) is 20.1. The topological polar surface area (TPSA) is 292 Å². The van der Waals surface area contributed by atoms with E-state index < -0.39 is 126 Å². The van der Waals surface area contributed by atoms with Gasteiger partial charge in [0, 0.05) is 23.9 Å². The number of aliphatic hydroxyl groups excluding tert-OH is 9. The van der Waals surface area contributed by atoms with Gasteiger partial charge < -0.3 is 79.5 Å². The number of ketones is 1. The molecule has 0 radical (unpaired) electrons. The Balaban J connectivity index is 1.08. The minimum absolute atomic E-state index is 0.0292. The zero-order valence-electron chi connectivity index (χ0n) is 39.6. The highest BCUT2D eigenvalue weighted by Crippen LogP contribution is 2.78. The number of fused-ring (bicyclic) bond motifs is 7. The average molecular weight is 941 g/mol. The Hall–Kier alpha value is -1.72. The van der Waals surface area contributed by atoms with Crippen molar-refractivity contribution >= 4 is 11.8 Å². The van der Waals surface area contributed by atoms with Gasteiger partial charge in [0.25, 0.3) is 0 Å². The molecule has 0 spiro atoms. The van der Waals surface area contributed by atoms with Gasteiger partial charge in [0.2, 0.25) is 0 Å².